The van der Waals surface area contributed by atoms with Crippen molar-refractivity contribution in [2.45, 2.75) is 15.9 Å². The van der Waals surface area contributed by atoms with Crippen molar-refractivity contribution < 1.29 is 23.7 Å². The summed E-state index contributed by atoms with van der Waals surface area (Å²) in [5.74, 6) is 0.807. The van der Waals surface area contributed by atoms with Crippen molar-refractivity contribution in [2.75, 3.05) is 26.4 Å². The molecular weight excluding hydrogens is 340 g/mol. The Morgan fingerprint density at radius 3 is 1.86 bits per heavy atom. The molecule has 6 saturated carbocycles. The molecule has 0 aromatic heterocycles. The van der Waals surface area contributed by atoms with Crippen molar-refractivity contribution in [3.8, 4) is 0 Å². The minimum atomic E-state index is -0.690. The molecule has 2 spiro atoms. The van der Waals surface area contributed by atoms with Crippen LogP contribution in [0.3, 0.4) is 0 Å². The standard InChI is InChI=1S/C15H15BrO5/c16-13-8-6-9(13)11-10(15(13)20-3-4-21-15)7(8)12(6,5-17)14(11)18-1-2-19-14/h5-11H,1-4H2. The van der Waals surface area contributed by atoms with E-state index in [-0.39, 0.29) is 16.2 Å². The van der Waals surface area contributed by atoms with E-state index in [1.165, 1.54) is 0 Å². The first-order valence-electron chi connectivity index (χ1n) is 7.92. The topological polar surface area (TPSA) is 54.0 Å². The first kappa shape index (κ1) is 11.5. The van der Waals surface area contributed by atoms with Crippen LogP contribution in [0.25, 0.3) is 0 Å². The predicted octanol–water partition coefficient (Wildman–Crippen LogP) is 0.557. The Hall–Kier alpha value is -0.0100. The first-order valence-corrected chi connectivity index (χ1v) is 8.71. The number of carbonyl (C=O) groups is 1. The molecule has 8 fully saturated rings. The third-order valence-electron chi connectivity index (χ3n) is 8.04. The van der Waals surface area contributed by atoms with Crippen LogP contribution in [0.15, 0.2) is 0 Å². The summed E-state index contributed by atoms with van der Waals surface area (Å²) in [4.78, 5) is 12.2. The van der Waals surface area contributed by atoms with Crippen LogP contribution < -0.4 is 0 Å². The van der Waals surface area contributed by atoms with Gasteiger partial charge in [0.05, 0.1) is 36.2 Å². The van der Waals surface area contributed by atoms with Gasteiger partial charge in [-0.2, -0.15) is 0 Å². The second-order valence-corrected chi connectivity index (χ2v) is 9.01. The van der Waals surface area contributed by atoms with Crippen LogP contribution in [0.1, 0.15) is 0 Å². The molecule has 2 aliphatic heterocycles. The van der Waals surface area contributed by atoms with Crippen molar-refractivity contribution in [1.82, 2.24) is 0 Å². The summed E-state index contributed by atoms with van der Waals surface area (Å²) in [7, 11) is 0. The molecule has 0 aromatic rings. The molecule has 8 atom stereocenters. The fourth-order valence-corrected chi connectivity index (χ4v) is 9.78. The quantitative estimate of drug-likeness (QED) is 0.508. The zero-order valence-corrected chi connectivity index (χ0v) is 12.9. The summed E-state index contributed by atoms with van der Waals surface area (Å²) in [6, 6.07) is 0. The average molecular weight is 355 g/mol. The number of ether oxygens (including phenoxy) is 4. The van der Waals surface area contributed by atoms with Crippen molar-refractivity contribution in [2.24, 2.45) is 40.9 Å². The Bertz CT molecular complexity index is 611. The van der Waals surface area contributed by atoms with Gasteiger partial charge in [-0.3, -0.25) is 0 Å². The maximum atomic E-state index is 12.2. The predicted molar refractivity (Wildman–Crippen MR) is 70.4 cm³/mol. The van der Waals surface area contributed by atoms with E-state index in [0.29, 0.717) is 50.1 Å². The van der Waals surface area contributed by atoms with Crippen LogP contribution in [0.2, 0.25) is 0 Å². The molecule has 8 unspecified atom stereocenters. The molecule has 6 aliphatic carbocycles. The lowest BCUT2D eigenvalue weighted by molar-refractivity contribution is -0.278. The Morgan fingerprint density at radius 1 is 0.762 bits per heavy atom. The third kappa shape index (κ3) is 0.660. The van der Waals surface area contributed by atoms with E-state index >= 15 is 0 Å². The van der Waals surface area contributed by atoms with E-state index in [1.807, 2.05) is 0 Å². The highest BCUT2D eigenvalue weighted by Gasteiger charge is 3.08. The van der Waals surface area contributed by atoms with Gasteiger partial charge in [-0.15, -0.1) is 0 Å². The van der Waals surface area contributed by atoms with Gasteiger partial charge in [-0.25, -0.2) is 0 Å². The number of alkyl halides is 1. The molecule has 5 nitrogen and oxygen atoms in total. The van der Waals surface area contributed by atoms with Crippen LogP contribution >= 0.6 is 15.9 Å². The normalized spacial score (nSPS) is 68.0. The third-order valence-corrected chi connectivity index (χ3v) is 9.65. The number of aldehydes is 1. The smallest absolute Gasteiger partial charge is 0.188 e. The number of hydrogen-bond donors (Lipinski definition) is 0. The summed E-state index contributed by atoms with van der Waals surface area (Å²) >= 11 is 4.03. The van der Waals surface area contributed by atoms with Gasteiger partial charge in [0.15, 0.2) is 11.6 Å². The largest absolute Gasteiger partial charge is 0.346 e. The van der Waals surface area contributed by atoms with Gasteiger partial charge < -0.3 is 23.7 Å². The molecule has 8 rings (SSSR count). The average Bonchev–Trinajstić information content (AvgIpc) is 3.24. The lowest BCUT2D eigenvalue weighted by Gasteiger charge is -2.70. The molecule has 8 aliphatic rings. The van der Waals surface area contributed by atoms with Gasteiger partial charge in [0.1, 0.15) is 6.29 Å². The Balaban J connectivity index is 1.54. The lowest BCUT2D eigenvalue weighted by atomic mass is 9.35. The van der Waals surface area contributed by atoms with Gasteiger partial charge in [0.25, 0.3) is 0 Å². The van der Waals surface area contributed by atoms with E-state index in [1.54, 1.807) is 0 Å². The fourth-order valence-electron chi connectivity index (χ4n) is 8.15. The summed E-state index contributed by atoms with van der Waals surface area (Å²) in [6.07, 6.45) is 1.16. The number of halogens is 1. The Kier molecular flexibility index (Phi) is 1.52. The zero-order chi connectivity index (χ0) is 13.8. The van der Waals surface area contributed by atoms with Gasteiger partial charge in [-0.05, 0) is 23.7 Å². The SMILES string of the molecule is O=CC12C3C4C(C5C1C3C5(Br)C41OCCO1)C21OCCO1. The zero-order valence-electron chi connectivity index (χ0n) is 11.3. The molecule has 0 aromatic carbocycles. The first-order chi connectivity index (χ1) is 10.2. The van der Waals surface area contributed by atoms with E-state index in [9.17, 15) is 4.79 Å². The monoisotopic (exact) mass is 354 g/mol. The van der Waals surface area contributed by atoms with E-state index in [4.69, 9.17) is 18.9 Å². The molecule has 112 valence electrons. The number of carbonyl (C=O) groups excluding carboxylic acids is 1. The second kappa shape index (κ2) is 2.77. The molecule has 4 bridgehead atoms. The summed E-state index contributed by atoms with van der Waals surface area (Å²) in [5.41, 5.74) is -0.440. The fraction of sp³-hybridized carbons (Fsp3) is 0.933. The van der Waals surface area contributed by atoms with Crippen molar-refractivity contribution in [1.29, 1.82) is 0 Å². The maximum Gasteiger partial charge on any atom is 0.188 e. The maximum absolute atomic E-state index is 12.2. The molecule has 2 heterocycles. The van der Waals surface area contributed by atoms with Crippen LogP contribution in [-0.4, -0.2) is 48.6 Å². The van der Waals surface area contributed by atoms with Crippen molar-refractivity contribution in [3.05, 3.63) is 0 Å². The van der Waals surface area contributed by atoms with E-state index in [2.05, 4.69) is 15.9 Å². The molecule has 0 amide bonds. The second-order valence-electron chi connectivity index (χ2n) is 7.70. The van der Waals surface area contributed by atoms with Crippen molar-refractivity contribution >= 4 is 22.2 Å². The highest BCUT2D eigenvalue weighted by molar-refractivity contribution is 9.10. The van der Waals surface area contributed by atoms with Crippen LogP contribution in [-0.2, 0) is 23.7 Å². The van der Waals surface area contributed by atoms with Crippen LogP contribution in [0, 0.1) is 40.9 Å². The van der Waals surface area contributed by atoms with Crippen LogP contribution in [0.4, 0.5) is 0 Å². The highest BCUT2D eigenvalue weighted by Crippen LogP contribution is 3.00. The summed E-state index contributed by atoms with van der Waals surface area (Å²) in [5, 5.41) is 0. The Labute approximate surface area is 129 Å². The number of hydrogen-bond acceptors (Lipinski definition) is 5. The van der Waals surface area contributed by atoms with Crippen molar-refractivity contribution in [3.63, 3.8) is 0 Å². The van der Waals surface area contributed by atoms with Gasteiger partial charge in [0, 0.05) is 11.8 Å². The molecule has 0 N–H and O–H groups in total. The minimum absolute atomic E-state index is 0.119. The lowest BCUT2D eigenvalue weighted by Crippen LogP contribution is -2.76. The van der Waals surface area contributed by atoms with Gasteiger partial charge >= 0.3 is 0 Å². The van der Waals surface area contributed by atoms with Gasteiger partial charge in [0.2, 0.25) is 0 Å². The Morgan fingerprint density at radius 2 is 1.24 bits per heavy atom. The minimum Gasteiger partial charge on any atom is -0.346 e. The van der Waals surface area contributed by atoms with E-state index in [0.717, 1.165) is 6.29 Å². The molecular formula is C15H15BrO5. The highest BCUT2D eigenvalue weighted by atomic mass is 79.9. The number of rotatable bonds is 1. The van der Waals surface area contributed by atoms with Gasteiger partial charge in [-0.1, -0.05) is 15.9 Å². The molecule has 2 saturated heterocycles. The van der Waals surface area contributed by atoms with E-state index < -0.39 is 17.0 Å². The summed E-state index contributed by atoms with van der Waals surface area (Å²) in [6.45, 7) is 2.49. The molecule has 21 heavy (non-hydrogen) atoms. The molecule has 6 heteroatoms. The molecule has 0 radical (unpaired) electrons. The summed E-state index contributed by atoms with van der Waals surface area (Å²) < 4.78 is 24.5. The van der Waals surface area contributed by atoms with Crippen LogP contribution in [0.5, 0.6) is 0 Å².